The fraction of sp³-hybridized carbons (Fsp3) is 0.538. The molecule has 0 bridgehead atoms. The molecule has 1 aliphatic rings. The van der Waals surface area contributed by atoms with Gasteiger partial charge in [-0.1, -0.05) is 51.1 Å². The van der Waals surface area contributed by atoms with Gasteiger partial charge in [0.2, 0.25) is 0 Å². The van der Waals surface area contributed by atoms with Gasteiger partial charge in [-0.25, -0.2) is 0 Å². The van der Waals surface area contributed by atoms with Crippen LogP contribution in [0.25, 0.3) is 0 Å². The summed E-state index contributed by atoms with van der Waals surface area (Å²) in [7, 11) is 25.6. The van der Waals surface area contributed by atoms with Crippen LogP contribution in [0.2, 0.25) is 0 Å². The van der Waals surface area contributed by atoms with Crippen molar-refractivity contribution < 1.29 is 0 Å². The van der Waals surface area contributed by atoms with Gasteiger partial charge in [0.1, 0.15) is 0 Å². The summed E-state index contributed by atoms with van der Waals surface area (Å²) in [4.78, 5) is 0. The van der Waals surface area contributed by atoms with Crippen molar-refractivity contribution in [2.45, 2.75) is 31.3 Å². The number of hydrogen-bond donors (Lipinski definition) is 0. The van der Waals surface area contributed by atoms with Crippen LogP contribution >= 0.6 is 53.0 Å². The van der Waals surface area contributed by atoms with Gasteiger partial charge in [0.25, 0.3) is 0 Å². The van der Waals surface area contributed by atoms with Crippen LogP contribution < -0.4 is 0 Å². The molecule has 1 aromatic rings. The zero-order valence-electron chi connectivity index (χ0n) is 12.2. The molecule has 1 fully saturated rings. The first-order valence-corrected chi connectivity index (χ1v) is 27.4. The first-order valence-electron chi connectivity index (χ1n) is 6.22. The molecule has 1 aliphatic heterocycles. The Hall–Kier alpha value is 2.13. The zero-order chi connectivity index (χ0) is 16.8. The van der Waals surface area contributed by atoms with Crippen molar-refractivity contribution in [2.75, 3.05) is 6.26 Å². The van der Waals surface area contributed by atoms with Crippen molar-refractivity contribution in [3.8, 4) is 0 Å². The summed E-state index contributed by atoms with van der Waals surface area (Å²) in [6.07, 6.45) is 2.41. The van der Waals surface area contributed by atoms with E-state index in [4.69, 9.17) is 53.0 Å². The van der Waals surface area contributed by atoms with Crippen molar-refractivity contribution in [2.24, 2.45) is 5.41 Å². The first kappa shape index (κ1) is 21.2. The normalized spacial score (nSPS) is 28.8. The summed E-state index contributed by atoms with van der Waals surface area (Å²) >= 11 is 0. The molecule has 0 nitrogen and oxygen atoms in total. The number of benzene rings is 1. The summed E-state index contributed by atoms with van der Waals surface area (Å²) in [5, 5.41) is 1.72. The molecule has 1 saturated heterocycles. The molecule has 2 rings (SSSR count). The van der Waals surface area contributed by atoms with E-state index in [9.17, 15) is 0 Å². The van der Waals surface area contributed by atoms with Gasteiger partial charge in [-0.05, 0) is 0 Å². The number of rotatable bonds is 1. The van der Waals surface area contributed by atoms with Gasteiger partial charge < -0.3 is 0 Å². The third-order valence-corrected chi connectivity index (χ3v) is 5.79. The van der Waals surface area contributed by atoms with Crippen LogP contribution in [0.5, 0.6) is 0 Å². The van der Waals surface area contributed by atoms with Crippen LogP contribution in [-0.4, -0.2) is 20.6 Å². The van der Waals surface area contributed by atoms with E-state index in [2.05, 4.69) is 57.4 Å². The summed E-state index contributed by atoms with van der Waals surface area (Å²) in [6, 6.07) is 11.0. The van der Waals surface area contributed by atoms with Gasteiger partial charge in [-0.3, -0.25) is 0 Å². The van der Waals surface area contributed by atoms with Crippen molar-refractivity contribution in [3.05, 3.63) is 35.9 Å². The molecule has 0 amide bonds. The van der Waals surface area contributed by atoms with Crippen LogP contribution in [0.4, 0.5) is 0 Å². The van der Waals surface area contributed by atoms with Crippen molar-refractivity contribution >= 4 is 73.0 Å². The maximum atomic E-state index is 5.06. The first-order chi connectivity index (χ1) is 8.97. The predicted octanol–water partition coefficient (Wildman–Crippen LogP) is 7.16. The molecule has 0 saturated carbocycles. The van der Waals surface area contributed by atoms with Crippen LogP contribution in [-0.2, 0) is 10.9 Å². The molecule has 0 N–H and O–H groups in total. The van der Waals surface area contributed by atoms with E-state index < -0.39 is 9.14 Å². The standard InChI is InChI=1S/C13H19S.6ClH.Sb/c1-13(2,3)12-11(14(12)4)10-8-6-5-7-9-10;;;;;;;/h5-9,11-12H,1-4H3;6*1H;/q+1;;;;;;;+5/p-6/t11-,12-,14?;;;;;;;/m0......./s1. The summed E-state index contributed by atoms with van der Waals surface area (Å²) in [5.41, 5.74) is 2.01. The Balaban J connectivity index is 0.000000270. The van der Waals surface area contributed by atoms with Gasteiger partial charge >= 0.3 is 62.1 Å². The summed E-state index contributed by atoms with van der Waals surface area (Å²) in [5.74, 6) is 0. The molecule has 124 valence electrons. The predicted molar refractivity (Wildman–Crippen MR) is 107 cm³/mol. The van der Waals surface area contributed by atoms with E-state index in [0.717, 1.165) is 10.5 Å². The minimum absolute atomic E-state index is 0.471. The van der Waals surface area contributed by atoms with Gasteiger partial charge in [-0.15, -0.1) is 0 Å². The Labute approximate surface area is 150 Å². The van der Waals surface area contributed by atoms with Crippen molar-refractivity contribution in [1.82, 2.24) is 0 Å². The van der Waals surface area contributed by atoms with Gasteiger partial charge in [0, 0.05) is 21.9 Å². The molecular formula is C13H19Cl6SSb. The van der Waals surface area contributed by atoms with E-state index in [1.165, 1.54) is 0 Å². The Morgan fingerprint density at radius 3 is 1.57 bits per heavy atom. The maximum absolute atomic E-state index is 5.42. The molecular weight excluding hydrogens is 523 g/mol. The van der Waals surface area contributed by atoms with Crippen LogP contribution in [0.3, 0.4) is 0 Å². The topological polar surface area (TPSA) is 0 Å². The second kappa shape index (κ2) is 6.13. The Morgan fingerprint density at radius 1 is 0.905 bits per heavy atom. The summed E-state index contributed by atoms with van der Waals surface area (Å²) < 4.78 is 0. The molecule has 1 unspecified atom stereocenters. The third-order valence-electron chi connectivity index (χ3n) is 2.98. The van der Waals surface area contributed by atoms with E-state index in [1.807, 2.05) is 0 Å². The summed E-state index contributed by atoms with van der Waals surface area (Å²) in [6.45, 7) is 7.10. The van der Waals surface area contributed by atoms with Crippen molar-refractivity contribution in [1.29, 1.82) is 0 Å². The zero-order valence-corrected chi connectivity index (χ0v) is 20.1. The molecule has 8 heteroatoms. The monoisotopic (exact) mass is 538 g/mol. The molecule has 0 aliphatic carbocycles. The van der Waals surface area contributed by atoms with Gasteiger partial charge in [0.15, 0.2) is 10.5 Å². The SMILES string of the molecule is C[S+]1[C@H](C(C)(C)C)[C@@H]1c1ccccc1.[Cl][Sb-]([Cl])([Cl])([Cl])([Cl])[Cl]. The van der Waals surface area contributed by atoms with Crippen molar-refractivity contribution in [3.63, 3.8) is 0 Å². The van der Waals surface area contributed by atoms with Gasteiger partial charge in [0.05, 0.1) is 6.26 Å². The minimum atomic E-state index is -5.42. The Bertz CT molecular complexity index is 479. The number of hydrogen-bond acceptors (Lipinski definition) is 0. The second-order valence-electron chi connectivity index (χ2n) is 6.18. The quantitative estimate of drug-likeness (QED) is 0.201. The molecule has 21 heavy (non-hydrogen) atoms. The third kappa shape index (κ3) is 9.88. The molecule has 0 spiro atoms. The molecule has 0 aromatic heterocycles. The average Bonchev–Trinajstić information content (AvgIpc) is 2.86. The fourth-order valence-electron chi connectivity index (χ4n) is 2.35. The Morgan fingerprint density at radius 2 is 1.29 bits per heavy atom. The Kier molecular flexibility index (Phi) is 6.18. The molecule has 1 aromatic carbocycles. The second-order valence-corrected chi connectivity index (χ2v) is 65.3. The van der Waals surface area contributed by atoms with E-state index in [0.29, 0.717) is 16.3 Å². The molecule has 0 radical (unpaired) electrons. The van der Waals surface area contributed by atoms with Crippen LogP contribution in [0.15, 0.2) is 30.3 Å². The van der Waals surface area contributed by atoms with E-state index in [1.54, 1.807) is 5.56 Å². The fourth-order valence-corrected chi connectivity index (χ4v) is 5.56. The van der Waals surface area contributed by atoms with E-state index in [-0.39, 0.29) is 0 Å². The van der Waals surface area contributed by atoms with Gasteiger partial charge in [-0.2, -0.15) is 0 Å². The van der Waals surface area contributed by atoms with Crippen LogP contribution in [0.1, 0.15) is 31.6 Å². The van der Waals surface area contributed by atoms with Crippen LogP contribution in [0, 0.1) is 5.41 Å². The molecule has 3 atom stereocenters. The number of halogens is 6. The average molecular weight is 542 g/mol. The van der Waals surface area contributed by atoms with E-state index >= 15 is 0 Å². The molecule has 1 heterocycles.